The Balaban J connectivity index is 2.20. The Morgan fingerprint density at radius 3 is 3.12 bits per heavy atom. The van der Waals surface area contributed by atoms with Crippen LogP contribution in [0.25, 0.3) is 0 Å². The zero-order chi connectivity index (χ0) is 11.7. The number of carboxylic acids is 1. The average molecular weight is 224 g/mol. The van der Waals surface area contributed by atoms with Gasteiger partial charge in [-0.3, -0.25) is 4.79 Å². The summed E-state index contributed by atoms with van der Waals surface area (Å²) in [5, 5.41) is 8.83. The van der Waals surface area contributed by atoms with Gasteiger partial charge < -0.3 is 9.84 Å². The van der Waals surface area contributed by atoms with Crippen molar-refractivity contribution >= 4 is 5.97 Å². The van der Waals surface area contributed by atoms with Crippen LogP contribution in [0.2, 0.25) is 0 Å². The van der Waals surface area contributed by atoms with E-state index in [4.69, 9.17) is 9.84 Å². The van der Waals surface area contributed by atoms with Crippen molar-refractivity contribution < 1.29 is 19.0 Å². The van der Waals surface area contributed by atoms with Crippen molar-refractivity contribution in [3.8, 4) is 5.75 Å². The Morgan fingerprint density at radius 2 is 2.44 bits per heavy atom. The zero-order valence-electron chi connectivity index (χ0n) is 8.94. The second kappa shape index (κ2) is 4.12. The monoisotopic (exact) mass is 224 g/mol. The Bertz CT molecular complexity index is 417. The first-order valence-corrected chi connectivity index (χ1v) is 5.23. The molecule has 0 fully saturated rings. The number of hydrogen-bond donors (Lipinski definition) is 1. The number of carboxylic acid groups (broad SMARTS) is 1. The molecule has 1 aromatic carbocycles. The van der Waals surface area contributed by atoms with Gasteiger partial charge in [0.1, 0.15) is 11.6 Å². The lowest BCUT2D eigenvalue weighted by Gasteiger charge is -2.12. The molecule has 1 aliphatic heterocycles. The Morgan fingerprint density at radius 1 is 1.69 bits per heavy atom. The van der Waals surface area contributed by atoms with Crippen LogP contribution < -0.4 is 4.74 Å². The van der Waals surface area contributed by atoms with E-state index in [1.807, 2.05) is 0 Å². The maximum Gasteiger partial charge on any atom is 0.306 e. The highest BCUT2D eigenvalue weighted by Crippen LogP contribution is 2.38. The molecule has 1 aromatic rings. The molecule has 0 saturated carbocycles. The number of rotatable bonds is 3. The number of hydrogen-bond acceptors (Lipinski definition) is 2. The van der Waals surface area contributed by atoms with Crippen LogP contribution in [0, 0.1) is 11.7 Å². The van der Waals surface area contributed by atoms with Crippen molar-refractivity contribution in [2.75, 3.05) is 6.61 Å². The highest BCUT2D eigenvalue weighted by molar-refractivity contribution is 5.69. The molecule has 0 amide bonds. The van der Waals surface area contributed by atoms with Gasteiger partial charge in [-0.15, -0.1) is 0 Å². The first-order valence-electron chi connectivity index (χ1n) is 5.23. The molecule has 2 unspecified atom stereocenters. The quantitative estimate of drug-likeness (QED) is 0.857. The van der Waals surface area contributed by atoms with E-state index < -0.39 is 11.9 Å². The third-order valence-corrected chi connectivity index (χ3v) is 2.92. The van der Waals surface area contributed by atoms with E-state index in [1.165, 1.54) is 6.07 Å². The van der Waals surface area contributed by atoms with E-state index in [1.54, 1.807) is 19.1 Å². The molecule has 0 spiro atoms. The predicted octanol–water partition coefficient (Wildman–Crippen LogP) is 2.41. The third kappa shape index (κ3) is 1.87. The summed E-state index contributed by atoms with van der Waals surface area (Å²) in [5.41, 5.74) is 0.524. The van der Waals surface area contributed by atoms with Gasteiger partial charge in [-0.1, -0.05) is 13.0 Å². The number of halogens is 1. The lowest BCUT2D eigenvalue weighted by atomic mass is 9.91. The Kier molecular flexibility index (Phi) is 2.81. The summed E-state index contributed by atoms with van der Waals surface area (Å²) in [6, 6.07) is 4.69. The van der Waals surface area contributed by atoms with E-state index in [-0.39, 0.29) is 11.7 Å². The number of ether oxygens (including phenoxy) is 1. The summed E-state index contributed by atoms with van der Waals surface area (Å²) < 4.78 is 18.9. The van der Waals surface area contributed by atoms with E-state index in [0.717, 1.165) is 0 Å². The minimum Gasteiger partial charge on any atom is -0.493 e. The zero-order valence-corrected chi connectivity index (χ0v) is 8.94. The molecule has 2 rings (SSSR count). The lowest BCUT2D eigenvalue weighted by molar-refractivity contribution is -0.141. The van der Waals surface area contributed by atoms with Gasteiger partial charge in [0.15, 0.2) is 0 Å². The molecule has 1 N–H and O–H groups in total. The molecule has 0 bridgehead atoms. The second-order valence-electron chi connectivity index (χ2n) is 4.13. The van der Waals surface area contributed by atoms with Gasteiger partial charge in [-0.25, -0.2) is 4.39 Å². The van der Waals surface area contributed by atoms with Crippen molar-refractivity contribution in [3.63, 3.8) is 0 Å². The summed E-state index contributed by atoms with van der Waals surface area (Å²) in [4.78, 5) is 10.7. The maximum atomic E-state index is 13.6. The molecule has 0 aliphatic carbocycles. The number of benzene rings is 1. The van der Waals surface area contributed by atoms with Crippen molar-refractivity contribution in [3.05, 3.63) is 29.6 Å². The second-order valence-corrected chi connectivity index (χ2v) is 4.13. The van der Waals surface area contributed by atoms with Crippen LogP contribution in [-0.4, -0.2) is 17.7 Å². The van der Waals surface area contributed by atoms with Crippen LogP contribution in [0.4, 0.5) is 4.39 Å². The van der Waals surface area contributed by atoms with Crippen LogP contribution in [0.15, 0.2) is 18.2 Å². The summed E-state index contributed by atoms with van der Waals surface area (Å²) in [6.45, 7) is 2.00. The van der Waals surface area contributed by atoms with Gasteiger partial charge in [0, 0.05) is 11.5 Å². The fraction of sp³-hybridized carbons (Fsp3) is 0.417. The average Bonchev–Trinajstić information content (AvgIpc) is 2.63. The molecular formula is C12H13FO3. The first kappa shape index (κ1) is 10.9. The fourth-order valence-corrected chi connectivity index (χ4v) is 2.03. The summed E-state index contributed by atoms with van der Waals surface area (Å²) in [5.74, 6) is -1.26. The Hall–Kier alpha value is -1.58. The molecule has 1 heterocycles. The number of carbonyl (C=O) groups is 1. The molecule has 0 radical (unpaired) electrons. The molecule has 1 aliphatic rings. The molecule has 3 nitrogen and oxygen atoms in total. The lowest BCUT2D eigenvalue weighted by Crippen LogP contribution is -2.15. The van der Waals surface area contributed by atoms with E-state index in [2.05, 4.69) is 0 Å². The molecule has 16 heavy (non-hydrogen) atoms. The summed E-state index contributed by atoms with van der Waals surface area (Å²) in [7, 11) is 0. The molecule has 0 saturated heterocycles. The number of fused-ring (bicyclic) bond motifs is 1. The van der Waals surface area contributed by atoms with Crippen molar-refractivity contribution in [2.24, 2.45) is 5.92 Å². The molecule has 2 atom stereocenters. The van der Waals surface area contributed by atoms with E-state index in [9.17, 15) is 9.18 Å². The topological polar surface area (TPSA) is 46.5 Å². The van der Waals surface area contributed by atoms with Gasteiger partial charge in [0.2, 0.25) is 0 Å². The summed E-state index contributed by atoms with van der Waals surface area (Å²) in [6.07, 6.45) is 0.406. The molecule has 4 heteroatoms. The van der Waals surface area contributed by atoms with Gasteiger partial charge in [-0.2, -0.15) is 0 Å². The SMILES string of the molecule is CC(CC1COc2cccc(F)c21)C(=O)O. The van der Waals surface area contributed by atoms with Gasteiger partial charge in [-0.05, 0) is 18.6 Å². The van der Waals surface area contributed by atoms with Crippen molar-refractivity contribution in [1.29, 1.82) is 0 Å². The van der Waals surface area contributed by atoms with Gasteiger partial charge in [0.05, 0.1) is 12.5 Å². The smallest absolute Gasteiger partial charge is 0.306 e. The molecule has 86 valence electrons. The standard InChI is InChI=1S/C12H13FO3/c1-7(12(14)15)5-8-6-16-10-4-2-3-9(13)11(8)10/h2-4,7-8H,5-6H2,1H3,(H,14,15). The van der Waals surface area contributed by atoms with Crippen LogP contribution in [0.1, 0.15) is 24.8 Å². The van der Waals surface area contributed by atoms with E-state index >= 15 is 0 Å². The fourth-order valence-electron chi connectivity index (χ4n) is 2.03. The predicted molar refractivity (Wildman–Crippen MR) is 56.1 cm³/mol. The minimum absolute atomic E-state index is 0.151. The van der Waals surface area contributed by atoms with Gasteiger partial charge >= 0.3 is 5.97 Å². The Labute approximate surface area is 92.9 Å². The largest absolute Gasteiger partial charge is 0.493 e. The molecular weight excluding hydrogens is 211 g/mol. The maximum absolute atomic E-state index is 13.6. The highest BCUT2D eigenvalue weighted by atomic mass is 19.1. The third-order valence-electron chi connectivity index (χ3n) is 2.92. The number of aliphatic carboxylic acids is 1. The highest BCUT2D eigenvalue weighted by Gasteiger charge is 2.30. The summed E-state index contributed by atoms with van der Waals surface area (Å²) >= 11 is 0. The van der Waals surface area contributed by atoms with Crippen molar-refractivity contribution in [1.82, 2.24) is 0 Å². The van der Waals surface area contributed by atoms with Crippen molar-refractivity contribution in [2.45, 2.75) is 19.3 Å². The van der Waals surface area contributed by atoms with Crippen LogP contribution >= 0.6 is 0 Å². The van der Waals surface area contributed by atoms with E-state index in [0.29, 0.717) is 24.3 Å². The van der Waals surface area contributed by atoms with Crippen LogP contribution in [0.3, 0.4) is 0 Å². The molecule has 0 aromatic heterocycles. The van der Waals surface area contributed by atoms with Crippen LogP contribution in [-0.2, 0) is 4.79 Å². The minimum atomic E-state index is -0.857. The van der Waals surface area contributed by atoms with Gasteiger partial charge in [0.25, 0.3) is 0 Å². The van der Waals surface area contributed by atoms with Crippen LogP contribution in [0.5, 0.6) is 5.75 Å². The first-order chi connectivity index (χ1) is 7.59. The normalized spacial score (nSPS) is 20.0.